The predicted molar refractivity (Wildman–Crippen MR) is 79.5 cm³/mol. The molecule has 2 aromatic rings. The summed E-state index contributed by atoms with van der Waals surface area (Å²) in [4.78, 5) is 6.59. The van der Waals surface area contributed by atoms with Gasteiger partial charge in [0.1, 0.15) is 0 Å². The van der Waals surface area contributed by atoms with Crippen LogP contribution in [0.4, 0.5) is 11.9 Å². The molecule has 19 heavy (non-hydrogen) atoms. The first-order chi connectivity index (χ1) is 9.25. The number of nitrogens with zero attached hydrogens (tertiary/aromatic N) is 4. The van der Waals surface area contributed by atoms with Gasteiger partial charge >= 0.3 is 0 Å². The Kier molecular flexibility index (Phi) is 3.42. The molecule has 100 valence electrons. The van der Waals surface area contributed by atoms with Crippen LogP contribution in [0.2, 0.25) is 0 Å². The number of hydrogen-bond donors (Lipinski definition) is 1. The molecule has 1 saturated heterocycles. The zero-order chi connectivity index (χ0) is 13.2. The second-order valence-electron chi connectivity index (χ2n) is 4.68. The topological polar surface area (TPSA) is 60.0 Å². The largest absolute Gasteiger partial charge is 0.368 e. The van der Waals surface area contributed by atoms with Crippen LogP contribution in [0.5, 0.6) is 0 Å². The van der Waals surface area contributed by atoms with Gasteiger partial charge in [0.05, 0.1) is 5.69 Å². The van der Waals surface area contributed by atoms with Gasteiger partial charge in [0, 0.05) is 17.6 Å². The Morgan fingerprint density at radius 2 is 1.84 bits per heavy atom. The second-order valence-corrected chi connectivity index (χ2v) is 5.54. The quantitative estimate of drug-likeness (QED) is 0.923. The Balaban J connectivity index is 1.95. The Bertz CT molecular complexity index is 574. The van der Waals surface area contributed by atoms with Crippen molar-refractivity contribution in [3.8, 4) is 5.69 Å². The molecule has 0 bridgehead atoms. The van der Waals surface area contributed by atoms with Crippen LogP contribution in [0.3, 0.4) is 0 Å². The van der Waals surface area contributed by atoms with Crippen LogP contribution >= 0.6 is 15.9 Å². The van der Waals surface area contributed by atoms with E-state index in [2.05, 4.69) is 30.9 Å². The zero-order valence-corrected chi connectivity index (χ0v) is 12.2. The Hall–Kier alpha value is -1.56. The molecule has 1 aromatic heterocycles. The van der Waals surface area contributed by atoms with E-state index in [1.807, 2.05) is 24.3 Å². The van der Waals surface area contributed by atoms with Crippen LogP contribution < -0.4 is 10.6 Å². The Morgan fingerprint density at radius 3 is 2.58 bits per heavy atom. The lowest BCUT2D eigenvalue weighted by atomic mass is 10.1. The summed E-state index contributed by atoms with van der Waals surface area (Å²) in [6.07, 6.45) is 3.68. The fourth-order valence-corrected chi connectivity index (χ4v) is 2.79. The van der Waals surface area contributed by atoms with Crippen LogP contribution in [-0.2, 0) is 0 Å². The molecule has 0 unspecified atom stereocenters. The van der Waals surface area contributed by atoms with Crippen molar-refractivity contribution in [3.63, 3.8) is 0 Å². The van der Waals surface area contributed by atoms with Gasteiger partial charge in [0.25, 0.3) is 0 Å². The predicted octanol–water partition coefficient (Wildman–Crippen LogP) is 2.60. The maximum absolute atomic E-state index is 5.99. The van der Waals surface area contributed by atoms with E-state index in [1.165, 1.54) is 19.3 Å². The Morgan fingerprint density at radius 1 is 1.11 bits per heavy atom. The van der Waals surface area contributed by atoms with Gasteiger partial charge in [-0.2, -0.15) is 9.67 Å². The molecule has 1 aromatic carbocycles. The third-order valence-corrected chi connectivity index (χ3v) is 4.01. The average molecular weight is 322 g/mol. The van der Waals surface area contributed by atoms with E-state index in [4.69, 9.17) is 5.73 Å². The van der Waals surface area contributed by atoms with Crippen molar-refractivity contribution in [2.75, 3.05) is 23.7 Å². The third kappa shape index (κ3) is 2.45. The van der Waals surface area contributed by atoms with E-state index in [0.717, 1.165) is 29.2 Å². The number of rotatable bonds is 2. The number of aromatic nitrogens is 3. The third-order valence-electron chi connectivity index (χ3n) is 3.34. The van der Waals surface area contributed by atoms with Crippen molar-refractivity contribution in [2.24, 2.45) is 0 Å². The van der Waals surface area contributed by atoms with E-state index in [0.29, 0.717) is 5.95 Å². The summed E-state index contributed by atoms with van der Waals surface area (Å²) in [6.45, 7) is 2.03. The molecule has 2 N–H and O–H groups in total. The van der Waals surface area contributed by atoms with Gasteiger partial charge in [-0.3, -0.25) is 0 Å². The van der Waals surface area contributed by atoms with Crippen LogP contribution in [0.15, 0.2) is 28.7 Å². The second kappa shape index (κ2) is 5.21. The lowest BCUT2D eigenvalue weighted by Gasteiger charge is -2.24. The smallest absolute Gasteiger partial charge is 0.246 e. The molecule has 0 amide bonds. The summed E-state index contributed by atoms with van der Waals surface area (Å²) >= 11 is 3.51. The number of nitrogens with two attached hydrogens (primary N) is 1. The molecule has 1 aliphatic heterocycles. The number of para-hydroxylation sites is 1. The summed E-state index contributed by atoms with van der Waals surface area (Å²) in [6, 6.07) is 7.86. The molecule has 0 aliphatic carbocycles. The SMILES string of the molecule is Nc1nc(N2CCCCC2)nn1-c1ccccc1Br. The van der Waals surface area contributed by atoms with Gasteiger partial charge in [-0.15, -0.1) is 5.10 Å². The summed E-state index contributed by atoms with van der Waals surface area (Å²) in [7, 11) is 0. The van der Waals surface area contributed by atoms with Crippen molar-refractivity contribution < 1.29 is 0 Å². The van der Waals surface area contributed by atoms with Gasteiger partial charge in [-0.1, -0.05) is 12.1 Å². The number of nitrogen functional groups attached to an aromatic ring is 1. The summed E-state index contributed by atoms with van der Waals surface area (Å²) in [5.41, 5.74) is 6.90. The zero-order valence-electron chi connectivity index (χ0n) is 10.6. The minimum Gasteiger partial charge on any atom is -0.368 e. The standard InChI is InChI=1S/C13H16BrN5/c14-10-6-2-3-7-11(10)19-12(15)16-13(17-19)18-8-4-1-5-9-18/h2-3,6-7H,1,4-5,8-9H2,(H2,15,16,17). The molecule has 6 heteroatoms. The highest BCUT2D eigenvalue weighted by atomic mass is 79.9. The molecule has 0 atom stereocenters. The lowest BCUT2D eigenvalue weighted by Crippen LogP contribution is -2.30. The first-order valence-electron chi connectivity index (χ1n) is 6.48. The number of benzene rings is 1. The highest BCUT2D eigenvalue weighted by Crippen LogP contribution is 2.24. The van der Waals surface area contributed by atoms with Crippen molar-refractivity contribution in [1.82, 2.24) is 14.8 Å². The fraction of sp³-hybridized carbons (Fsp3) is 0.385. The first-order valence-corrected chi connectivity index (χ1v) is 7.27. The summed E-state index contributed by atoms with van der Waals surface area (Å²) in [5, 5.41) is 4.54. The summed E-state index contributed by atoms with van der Waals surface area (Å²) in [5.74, 6) is 1.15. The highest BCUT2D eigenvalue weighted by molar-refractivity contribution is 9.10. The molecule has 0 spiro atoms. The molecule has 0 saturated carbocycles. The van der Waals surface area contributed by atoms with E-state index in [1.54, 1.807) is 4.68 Å². The van der Waals surface area contributed by atoms with Crippen LogP contribution in [0.1, 0.15) is 19.3 Å². The van der Waals surface area contributed by atoms with Gasteiger partial charge < -0.3 is 10.6 Å². The maximum atomic E-state index is 5.99. The molecule has 3 rings (SSSR count). The number of anilines is 2. The highest BCUT2D eigenvalue weighted by Gasteiger charge is 2.18. The normalized spacial score (nSPS) is 15.7. The molecule has 1 aliphatic rings. The van der Waals surface area contributed by atoms with Gasteiger partial charge in [-0.05, 0) is 47.3 Å². The molecule has 0 radical (unpaired) electrons. The minimum atomic E-state index is 0.424. The van der Waals surface area contributed by atoms with Crippen LogP contribution in [-0.4, -0.2) is 27.9 Å². The minimum absolute atomic E-state index is 0.424. The molecule has 2 heterocycles. The van der Waals surface area contributed by atoms with Gasteiger partial charge in [-0.25, -0.2) is 0 Å². The van der Waals surface area contributed by atoms with E-state index < -0.39 is 0 Å². The van der Waals surface area contributed by atoms with Crippen LogP contribution in [0, 0.1) is 0 Å². The number of piperidine rings is 1. The fourth-order valence-electron chi connectivity index (χ4n) is 2.34. The van der Waals surface area contributed by atoms with Crippen molar-refractivity contribution in [3.05, 3.63) is 28.7 Å². The summed E-state index contributed by atoms with van der Waals surface area (Å²) < 4.78 is 2.64. The van der Waals surface area contributed by atoms with Crippen LogP contribution in [0.25, 0.3) is 5.69 Å². The Labute approximate surface area is 120 Å². The first kappa shape index (κ1) is 12.5. The molecule has 1 fully saturated rings. The van der Waals surface area contributed by atoms with E-state index in [9.17, 15) is 0 Å². The molecular weight excluding hydrogens is 306 g/mol. The van der Waals surface area contributed by atoms with E-state index >= 15 is 0 Å². The van der Waals surface area contributed by atoms with Gasteiger partial charge in [0.2, 0.25) is 11.9 Å². The number of hydrogen-bond acceptors (Lipinski definition) is 4. The molecule has 5 nitrogen and oxygen atoms in total. The van der Waals surface area contributed by atoms with Crippen molar-refractivity contribution in [1.29, 1.82) is 0 Å². The van der Waals surface area contributed by atoms with Crippen molar-refractivity contribution >= 4 is 27.8 Å². The lowest BCUT2D eigenvalue weighted by molar-refractivity contribution is 0.568. The van der Waals surface area contributed by atoms with Gasteiger partial charge in [0.15, 0.2) is 0 Å². The van der Waals surface area contributed by atoms with E-state index in [-0.39, 0.29) is 0 Å². The maximum Gasteiger partial charge on any atom is 0.246 e. The van der Waals surface area contributed by atoms with Crippen molar-refractivity contribution in [2.45, 2.75) is 19.3 Å². The average Bonchev–Trinajstić information content (AvgIpc) is 2.82. The monoisotopic (exact) mass is 321 g/mol. The molecular formula is C13H16BrN5. The number of halogens is 1.